The molecule has 1 fully saturated rings. The predicted octanol–water partition coefficient (Wildman–Crippen LogP) is 2.49. The van der Waals surface area contributed by atoms with E-state index in [-0.39, 0.29) is 18.5 Å². The average Bonchev–Trinajstić information content (AvgIpc) is 3.16. The molecule has 1 heterocycles. The molecule has 150 valence electrons. The van der Waals surface area contributed by atoms with E-state index < -0.39 is 0 Å². The van der Waals surface area contributed by atoms with Gasteiger partial charge in [-0.05, 0) is 58.0 Å². The fourth-order valence-corrected chi connectivity index (χ4v) is 3.04. The van der Waals surface area contributed by atoms with Crippen LogP contribution >= 0.6 is 0 Å². The number of amides is 3. The van der Waals surface area contributed by atoms with Gasteiger partial charge in [-0.25, -0.2) is 4.79 Å². The molecular weight excluding hydrogens is 344 g/mol. The van der Waals surface area contributed by atoms with Crippen LogP contribution < -0.4 is 10.1 Å². The van der Waals surface area contributed by atoms with E-state index in [1.807, 2.05) is 17.9 Å². The molecule has 0 unspecified atom stereocenters. The highest BCUT2D eigenvalue weighted by Gasteiger charge is 2.15. The number of carbonyl (C=O) groups is 2. The summed E-state index contributed by atoms with van der Waals surface area (Å²) in [6.07, 6.45) is 3.56. The number of anilines is 1. The summed E-state index contributed by atoms with van der Waals surface area (Å²) in [6, 6.07) is 7.01. The lowest BCUT2D eigenvalue weighted by Gasteiger charge is -2.23. The molecule has 0 bridgehead atoms. The van der Waals surface area contributed by atoms with Crippen molar-refractivity contribution >= 4 is 17.6 Å². The summed E-state index contributed by atoms with van der Waals surface area (Å²) in [4.78, 5) is 29.9. The molecule has 0 spiro atoms. The zero-order valence-electron chi connectivity index (χ0n) is 16.7. The summed E-state index contributed by atoms with van der Waals surface area (Å²) in [5, 5.41) is 2.92. The molecule has 1 saturated heterocycles. The maximum atomic E-state index is 12.5. The lowest BCUT2D eigenvalue weighted by atomic mass is 10.3. The molecule has 3 amide bonds. The number of benzene rings is 1. The van der Waals surface area contributed by atoms with Crippen LogP contribution in [0.25, 0.3) is 0 Å². The molecule has 1 N–H and O–H groups in total. The second kappa shape index (κ2) is 10.8. The molecule has 7 nitrogen and oxygen atoms in total. The van der Waals surface area contributed by atoms with Gasteiger partial charge >= 0.3 is 6.03 Å². The molecule has 0 aromatic heterocycles. The van der Waals surface area contributed by atoms with Crippen LogP contribution in [-0.4, -0.2) is 80.1 Å². The van der Waals surface area contributed by atoms with Gasteiger partial charge < -0.3 is 24.8 Å². The van der Waals surface area contributed by atoms with Crippen molar-refractivity contribution in [2.75, 3.05) is 58.7 Å². The van der Waals surface area contributed by atoms with Crippen molar-refractivity contribution in [1.29, 1.82) is 0 Å². The first kappa shape index (κ1) is 21.0. The van der Waals surface area contributed by atoms with Crippen molar-refractivity contribution < 1.29 is 14.3 Å². The highest BCUT2D eigenvalue weighted by molar-refractivity contribution is 5.89. The topological polar surface area (TPSA) is 65.1 Å². The van der Waals surface area contributed by atoms with Crippen LogP contribution in [0.1, 0.15) is 26.2 Å². The standard InChI is InChI=1S/C20H32N4O3/c1-4-24(14-8-13-23-11-5-6-12-23)20(26)21-17-9-7-10-18(15-17)27-16-19(25)22(2)3/h7,9-10,15H,4-6,8,11-14,16H2,1-3H3,(H,21,26). The minimum Gasteiger partial charge on any atom is -0.484 e. The molecule has 0 radical (unpaired) electrons. The predicted molar refractivity (Wildman–Crippen MR) is 107 cm³/mol. The van der Waals surface area contributed by atoms with Crippen molar-refractivity contribution in [1.82, 2.24) is 14.7 Å². The maximum Gasteiger partial charge on any atom is 0.321 e. The monoisotopic (exact) mass is 376 g/mol. The molecule has 1 aromatic carbocycles. The second-order valence-electron chi connectivity index (χ2n) is 7.02. The van der Waals surface area contributed by atoms with Crippen LogP contribution in [0.4, 0.5) is 10.5 Å². The summed E-state index contributed by atoms with van der Waals surface area (Å²) >= 11 is 0. The van der Waals surface area contributed by atoms with E-state index in [1.165, 1.54) is 30.8 Å². The molecule has 2 rings (SSSR count). The minimum absolute atomic E-state index is 0.0258. The fourth-order valence-electron chi connectivity index (χ4n) is 3.04. The maximum absolute atomic E-state index is 12.5. The van der Waals surface area contributed by atoms with Crippen molar-refractivity contribution in [3.05, 3.63) is 24.3 Å². The third kappa shape index (κ3) is 7.09. The van der Waals surface area contributed by atoms with E-state index in [1.54, 1.807) is 32.3 Å². The van der Waals surface area contributed by atoms with Gasteiger partial charge in [-0.1, -0.05) is 6.07 Å². The zero-order chi connectivity index (χ0) is 19.6. The summed E-state index contributed by atoms with van der Waals surface area (Å²) in [5.74, 6) is 0.444. The van der Waals surface area contributed by atoms with Crippen LogP contribution in [0, 0.1) is 0 Å². The average molecular weight is 377 g/mol. The Morgan fingerprint density at radius 2 is 1.96 bits per heavy atom. The Bertz CT molecular complexity index is 615. The summed E-state index contributed by atoms with van der Waals surface area (Å²) in [7, 11) is 3.37. The van der Waals surface area contributed by atoms with Gasteiger partial charge in [-0.2, -0.15) is 0 Å². The van der Waals surface area contributed by atoms with Crippen LogP contribution in [0.2, 0.25) is 0 Å². The van der Waals surface area contributed by atoms with Crippen molar-refractivity contribution in [3.8, 4) is 5.75 Å². The van der Waals surface area contributed by atoms with Crippen molar-refractivity contribution in [2.45, 2.75) is 26.2 Å². The molecule has 0 aliphatic carbocycles. The number of urea groups is 1. The Labute approximate surface area is 162 Å². The molecular formula is C20H32N4O3. The highest BCUT2D eigenvalue weighted by Crippen LogP contribution is 2.18. The summed E-state index contributed by atoms with van der Waals surface area (Å²) < 4.78 is 5.50. The highest BCUT2D eigenvalue weighted by atomic mass is 16.5. The number of nitrogens with zero attached hydrogens (tertiary/aromatic N) is 3. The van der Waals surface area contributed by atoms with E-state index in [0.717, 1.165) is 19.5 Å². The minimum atomic E-state index is -0.111. The zero-order valence-corrected chi connectivity index (χ0v) is 16.7. The van der Waals surface area contributed by atoms with E-state index >= 15 is 0 Å². The lowest BCUT2D eigenvalue weighted by molar-refractivity contribution is -0.130. The number of rotatable bonds is 9. The number of hydrogen-bond acceptors (Lipinski definition) is 4. The Balaban J connectivity index is 1.81. The molecule has 1 aromatic rings. The molecule has 1 aliphatic rings. The first-order chi connectivity index (χ1) is 13.0. The number of hydrogen-bond donors (Lipinski definition) is 1. The lowest BCUT2D eigenvalue weighted by Crippen LogP contribution is -2.37. The second-order valence-corrected chi connectivity index (χ2v) is 7.02. The van der Waals surface area contributed by atoms with Crippen LogP contribution in [0.5, 0.6) is 5.75 Å². The Morgan fingerprint density at radius 1 is 1.22 bits per heavy atom. The van der Waals surface area contributed by atoms with Gasteiger partial charge in [0, 0.05) is 38.9 Å². The number of likely N-dealkylation sites (N-methyl/N-ethyl adjacent to an activating group) is 1. The van der Waals surface area contributed by atoms with Gasteiger partial charge in [-0.3, -0.25) is 4.79 Å². The molecule has 7 heteroatoms. The Kier molecular flexibility index (Phi) is 8.39. The van der Waals surface area contributed by atoms with Gasteiger partial charge in [0.1, 0.15) is 5.75 Å². The first-order valence-corrected chi connectivity index (χ1v) is 9.71. The van der Waals surface area contributed by atoms with Gasteiger partial charge in [0.2, 0.25) is 0 Å². The number of ether oxygens (including phenoxy) is 1. The smallest absolute Gasteiger partial charge is 0.321 e. The fraction of sp³-hybridized carbons (Fsp3) is 0.600. The number of carbonyl (C=O) groups excluding carboxylic acids is 2. The van der Waals surface area contributed by atoms with Crippen LogP contribution in [0.15, 0.2) is 24.3 Å². The Hall–Kier alpha value is -2.28. The first-order valence-electron chi connectivity index (χ1n) is 9.71. The molecule has 1 aliphatic heterocycles. The van der Waals surface area contributed by atoms with Gasteiger partial charge in [0.05, 0.1) is 0 Å². The molecule has 0 saturated carbocycles. The third-order valence-corrected chi connectivity index (χ3v) is 4.72. The van der Waals surface area contributed by atoms with Gasteiger partial charge in [-0.15, -0.1) is 0 Å². The van der Waals surface area contributed by atoms with Crippen molar-refractivity contribution in [2.24, 2.45) is 0 Å². The van der Waals surface area contributed by atoms with Crippen LogP contribution in [-0.2, 0) is 4.79 Å². The van der Waals surface area contributed by atoms with E-state index in [0.29, 0.717) is 18.0 Å². The Morgan fingerprint density at radius 3 is 2.63 bits per heavy atom. The van der Waals surface area contributed by atoms with Crippen molar-refractivity contribution in [3.63, 3.8) is 0 Å². The third-order valence-electron chi connectivity index (χ3n) is 4.72. The summed E-state index contributed by atoms with van der Waals surface area (Å²) in [6.45, 7) is 6.78. The summed E-state index contributed by atoms with van der Waals surface area (Å²) in [5.41, 5.74) is 0.660. The normalized spacial score (nSPS) is 14.0. The van der Waals surface area contributed by atoms with E-state index in [9.17, 15) is 9.59 Å². The largest absolute Gasteiger partial charge is 0.484 e. The molecule has 0 atom stereocenters. The SMILES string of the molecule is CCN(CCCN1CCCC1)C(=O)Nc1cccc(OCC(=O)N(C)C)c1. The van der Waals surface area contributed by atoms with E-state index in [2.05, 4.69) is 10.2 Å². The molecule has 27 heavy (non-hydrogen) atoms. The van der Waals surface area contributed by atoms with Gasteiger partial charge in [0.15, 0.2) is 6.61 Å². The quantitative estimate of drug-likeness (QED) is 0.719. The number of likely N-dealkylation sites (tertiary alicyclic amines) is 1. The van der Waals surface area contributed by atoms with E-state index in [4.69, 9.17) is 4.74 Å². The van der Waals surface area contributed by atoms with Crippen LogP contribution in [0.3, 0.4) is 0 Å². The number of nitrogens with one attached hydrogen (secondary N) is 1. The van der Waals surface area contributed by atoms with Gasteiger partial charge in [0.25, 0.3) is 5.91 Å².